The van der Waals surface area contributed by atoms with Gasteiger partial charge in [0, 0.05) is 37.8 Å². The van der Waals surface area contributed by atoms with E-state index in [1.54, 1.807) is 17.9 Å². The van der Waals surface area contributed by atoms with Crippen molar-refractivity contribution < 1.29 is 27.5 Å². The fourth-order valence-corrected chi connectivity index (χ4v) is 6.25. The van der Waals surface area contributed by atoms with E-state index >= 15 is 0 Å². The number of nitrogens with one attached hydrogen (secondary N) is 1. The average Bonchev–Trinajstić information content (AvgIpc) is 3.53. The van der Waals surface area contributed by atoms with Gasteiger partial charge in [0.05, 0.1) is 22.6 Å². The van der Waals surface area contributed by atoms with Gasteiger partial charge in [-0.25, -0.2) is 9.37 Å². The monoisotopic (exact) mass is 539 g/mol. The summed E-state index contributed by atoms with van der Waals surface area (Å²) in [6, 6.07) is 4.94. The first-order valence-electron chi connectivity index (χ1n) is 11.9. The first kappa shape index (κ1) is 25.7. The van der Waals surface area contributed by atoms with Crippen LogP contribution >= 0.6 is 11.6 Å². The molecule has 1 amide bonds. The number of amides is 1. The number of hydrogen-bond donors (Lipinski definition) is 2. The molecule has 12 heteroatoms. The van der Waals surface area contributed by atoms with Gasteiger partial charge in [0.25, 0.3) is 5.91 Å². The van der Waals surface area contributed by atoms with Crippen molar-refractivity contribution in [1.29, 1.82) is 0 Å². The van der Waals surface area contributed by atoms with Gasteiger partial charge in [-0.3, -0.25) is 9.48 Å². The highest BCUT2D eigenvalue weighted by Crippen LogP contribution is 2.54. The van der Waals surface area contributed by atoms with Crippen LogP contribution in [0.5, 0.6) is 0 Å². The Morgan fingerprint density at radius 2 is 1.89 bits per heavy atom. The quantitative estimate of drug-likeness (QED) is 0.442. The summed E-state index contributed by atoms with van der Waals surface area (Å²) in [7, 11) is 3.17. The van der Waals surface area contributed by atoms with Crippen LogP contribution in [-0.4, -0.2) is 35.9 Å². The number of anilines is 1. The summed E-state index contributed by atoms with van der Waals surface area (Å²) in [6.07, 6.45) is -0.508. The average molecular weight is 540 g/mol. The maximum atomic E-state index is 13.5. The van der Waals surface area contributed by atoms with Crippen LogP contribution in [0.25, 0.3) is 0 Å². The Morgan fingerprint density at radius 1 is 1.22 bits per heavy atom. The molecule has 0 aliphatic heterocycles. The SMILES string of the molecule is Cn1cnc(C2CC3CC(O)(Cc4cc(C(F)(F)F)nn4C)CC3C2)c1C(=O)Nc1ccc(F)c(Cl)c1. The van der Waals surface area contributed by atoms with E-state index in [0.717, 1.165) is 6.07 Å². The number of halogens is 5. The molecule has 2 aliphatic rings. The van der Waals surface area contributed by atoms with E-state index < -0.39 is 23.3 Å². The van der Waals surface area contributed by atoms with Gasteiger partial charge < -0.3 is 15.0 Å². The third kappa shape index (κ3) is 4.98. The van der Waals surface area contributed by atoms with E-state index in [0.29, 0.717) is 48.5 Å². The van der Waals surface area contributed by atoms with Crippen LogP contribution < -0.4 is 5.32 Å². The van der Waals surface area contributed by atoms with Gasteiger partial charge in [0.15, 0.2) is 5.69 Å². The highest BCUT2D eigenvalue weighted by Gasteiger charge is 2.50. The second-order valence-corrected chi connectivity index (χ2v) is 10.7. The van der Waals surface area contributed by atoms with Crippen LogP contribution in [0.4, 0.5) is 23.2 Å². The number of hydrogen-bond acceptors (Lipinski definition) is 4. The Bertz CT molecular complexity index is 1340. The first-order valence-corrected chi connectivity index (χ1v) is 12.3. The number of carbonyl (C=O) groups excluding carboxylic acids is 1. The largest absolute Gasteiger partial charge is 0.435 e. The highest BCUT2D eigenvalue weighted by molar-refractivity contribution is 6.31. The molecule has 1 aromatic carbocycles. The summed E-state index contributed by atoms with van der Waals surface area (Å²) in [5.41, 5.74) is -0.307. The van der Waals surface area contributed by atoms with E-state index in [-0.39, 0.29) is 35.1 Å². The maximum absolute atomic E-state index is 13.5. The van der Waals surface area contributed by atoms with Crippen molar-refractivity contribution in [2.45, 2.75) is 49.8 Å². The van der Waals surface area contributed by atoms with Gasteiger partial charge >= 0.3 is 6.18 Å². The van der Waals surface area contributed by atoms with Gasteiger partial charge in [0.1, 0.15) is 11.5 Å². The predicted molar refractivity (Wildman–Crippen MR) is 128 cm³/mol. The third-order valence-corrected chi connectivity index (χ3v) is 7.94. The van der Waals surface area contributed by atoms with E-state index in [2.05, 4.69) is 15.4 Å². The number of aryl methyl sites for hydroxylation is 2. The van der Waals surface area contributed by atoms with Crippen molar-refractivity contribution in [3.05, 3.63) is 64.2 Å². The number of nitrogens with zero attached hydrogens (tertiary/aromatic N) is 4. The Balaban J connectivity index is 1.27. The number of alkyl halides is 3. The van der Waals surface area contributed by atoms with Crippen molar-refractivity contribution in [3.8, 4) is 0 Å². The molecule has 2 N–H and O–H groups in total. The number of aliphatic hydroxyl groups is 1. The van der Waals surface area contributed by atoms with Crippen LogP contribution in [0.3, 0.4) is 0 Å². The topological polar surface area (TPSA) is 85.0 Å². The molecule has 198 valence electrons. The van der Waals surface area contributed by atoms with E-state index in [9.17, 15) is 27.5 Å². The molecule has 2 heterocycles. The summed E-state index contributed by atoms with van der Waals surface area (Å²) in [4.78, 5) is 17.6. The van der Waals surface area contributed by atoms with Crippen molar-refractivity contribution in [2.75, 3.05) is 5.32 Å². The summed E-state index contributed by atoms with van der Waals surface area (Å²) < 4.78 is 55.4. The third-order valence-electron chi connectivity index (χ3n) is 7.65. The molecule has 0 spiro atoms. The zero-order valence-electron chi connectivity index (χ0n) is 20.2. The molecule has 3 aromatic rings. The maximum Gasteiger partial charge on any atom is 0.435 e. The zero-order chi connectivity index (χ0) is 26.7. The Hall–Kier alpha value is -2.92. The lowest BCUT2D eigenvalue weighted by molar-refractivity contribution is -0.141. The molecular weight excluding hydrogens is 514 g/mol. The normalized spacial score (nSPS) is 25.5. The molecule has 2 unspecified atom stereocenters. The molecule has 2 saturated carbocycles. The van der Waals surface area contributed by atoms with Gasteiger partial charge in [0.2, 0.25) is 0 Å². The van der Waals surface area contributed by atoms with Gasteiger partial charge in [-0.2, -0.15) is 18.3 Å². The van der Waals surface area contributed by atoms with Crippen LogP contribution in [0, 0.1) is 17.7 Å². The summed E-state index contributed by atoms with van der Waals surface area (Å²) in [6.45, 7) is 0. The molecule has 2 aromatic heterocycles. The van der Waals surface area contributed by atoms with Crippen molar-refractivity contribution in [2.24, 2.45) is 25.9 Å². The van der Waals surface area contributed by atoms with E-state index in [4.69, 9.17) is 11.6 Å². The van der Waals surface area contributed by atoms with Crippen LogP contribution in [0.2, 0.25) is 5.02 Å². The molecule has 2 aliphatic carbocycles. The Morgan fingerprint density at radius 3 is 2.49 bits per heavy atom. The molecule has 2 fully saturated rings. The number of carbonyl (C=O) groups is 1. The van der Waals surface area contributed by atoms with E-state index in [1.165, 1.54) is 29.9 Å². The Kier molecular flexibility index (Phi) is 6.34. The van der Waals surface area contributed by atoms with Crippen molar-refractivity contribution in [3.63, 3.8) is 0 Å². The molecule has 7 nitrogen and oxygen atoms in total. The van der Waals surface area contributed by atoms with Gasteiger partial charge in [-0.05, 0) is 61.8 Å². The molecule has 2 atom stereocenters. The number of aromatic nitrogens is 4. The number of imidazole rings is 1. The summed E-state index contributed by atoms with van der Waals surface area (Å²) in [5.74, 6) is -0.629. The summed E-state index contributed by atoms with van der Waals surface area (Å²) >= 11 is 5.83. The van der Waals surface area contributed by atoms with Crippen molar-refractivity contribution in [1.82, 2.24) is 19.3 Å². The number of benzene rings is 1. The zero-order valence-corrected chi connectivity index (χ0v) is 20.9. The van der Waals surface area contributed by atoms with Crippen LogP contribution in [-0.2, 0) is 26.7 Å². The molecule has 0 bridgehead atoms. The minimum atomic E-state index is -4.53. The lowest BCUT2D eigenvalue weighted by Gasteiger charge is -2.24. The predicted octanol–water partition coefficient (Wildman–Crippen LogP) is 5.09. The van der Waals surface area contributed by atoms with Crippen molar-refractivity contribution >= 4 is 23.2 Å². The molecule has 0 saturated heterocycles. The molecule has 37 heavy (non-hydrogen) atoms. The first-order chi connectivity index (χ1) is 17.3. The van der Waals surface area contributed by atoms with Gasteiger partial charge in [-0.15, -0.1) is 0 Å². The minimum Gasteiger partial charge on any atom is -0.389 e. The molecular formula is C25H26ClF4N5O2. The van der Waals surface area contributed by atoms with Crippen LogP contribution in [0.15, 0.2) is 30.6 Å². The second kappa shape index (κ2) is 9.13. The lowest BCUT2D eigenvalue weighted by atomic mass is 9.89. The fourth-order valence-electron chi connectivity index (χ4n) is 6.07. The molecule has 5 rings (SSSR count). The lowest BCUT2D eigenvalue weighted by Crippen LogP contribution is -2.30. The Labute approximate surface area is 215 Å². The smallest absolute Gasteiger partial charge is 0.389 e. The fraction of sp³-hybridized carbons (Fsp3) is 0.480. The van der Waals surface area contributed by atoms with Gasteiger partial charge in [-0.1, -0.05) is 11.6 Å². The number of rotatable bonds is 5. The van der Waals surface area contributed by atoms with Crippen LogP contribution in [0.1, 0.15) is 59.2 Å². The minimum absolute atomic E-state index is 0.00633. The second-order valence-electron chi connectivity index (χ2n) is 10.3. The molecule has 0 radical (unpaired) electrons. The summed E-state index contributed by atoms with van der Waals surface area (Å²) in [5, 5.41) is 17.5. The number of fused-ring (bicyclic) bond motifs is 1. The van der Waals surface area contributed by atoms with E-state index in [1.807, 2.05) is 0 Å². The standard InChI is InChI=1S/C25H26ClF4N5O2/c1-34-12-31-21(22(34)23(36)32-16-3-4-19(27)18(26)7-16)13-5-14-9-24(37,10-15(14)6-13)11-17-8-20(25(28,29)30)33-35(17)2/h3-4,7-8,12-15,37H,5-6,9-11H2,1-2H3,(H,32,36). The highest BCUT2D eigenvalue weighted by atomic mass is 35.5.